The molecule has 6 nitrogen and oxygen atoms in total. The number of urea groups is 1. The van der Waals surface area contributed by atoms with Crippen LogP contribution in [0.3, 0.4) is 0 Å². The van der Waals surface area contributed by atoms with Crippen LogP contribution >= 0.6 is 0 Å². The topological polar surface area (TPSA) is 68.2 Å². The van der Waals surface area contributed by atoms with Crippen LogP contribution in [0.1, 0.15) is 17.4 Å². The van der Waals surface area contributed by atoms with E-state index in [2.05, 4.69) is 15.6 Å². The Morgan fingerprint density at radius 2 is 2.04 bits per heavy atom. The standard InChI is InChI=1S/C19H18F2N4O2/c1-25-9-8-22-18(25)17(12-4-3-5-14(10-12)27-2)24-19(26)23-16-7-6-13(20)11-15(16)21/h3-11,17H,1-2H3,(H2,23,24,26)/t17-/m0/s1. The van der Waals surface area contributed by atoms with Crippen molar-refractivity contribution in [2.45, 2.75) is 6.04 Å². The number of hydrogen-bond donors (Lipinski definition) is 2. The summed E-state index contributed by atoms with van der Waals surface area (Å²) in [7, 11) is 3.35. The number of rotatable bonds is 5. The van der Waals surface area contributed by atoms with Gasteiger partial charge in [0.05, 0.1) is 12.8 Å². The number of methoxy groups -OCH3 is 1. The maximum Gasteiger partial charge on any atom is 0.320 e. The van der Waals surface area contributed by atoms with Gasteiger partial charge in [-0.05, 0) is 29.8 Å². The molecule has 1 aromatic heterocycles. The fraction of sp³-hybridized carbons (Fsp3) is 0.158. The summed E-state index contributed by atoms with van der Waals surface area (Å²) in [5.41, 5.74) is 0.608. The third-order valence-electron chi connectivity index (χ3n) is 4.00. The van der Waals surface area contributed by atoms with Crippen LogP contribution in [0.5, 0.6) is 5.75 Å². The molecule has 0 unspecified atom stereocenters. The van der Waals surface area contributed by atoms with Gasteiger partial charge in [-0.25, -0.2) is 18.6 Å². The van der Waals surface area contributed by atoms with Crippen molar-refractivity contribution in [1.82, 2.24) is 14.9 Å². The van der Waals surface area contributed by atoms with Crippen LogP contribution in [0.2, 0.25) is 0 Å². The molecular weight excluding hydrogens is 354 g/mol. The smallest absolute Gasteiger partial charge is 0.320 e. The van der Waals surface area contributed by atoms with E-state index in [0.29, 0.717) is 17.6 Å². The number of hydrogen-bond acceptors (Lipinski definition) is 3. The third kappa shape index (κ3) is 4.22. The van der Waals surface area contributed by atoms with Gasteiger partial charge in [0, 0.05) is 25.5 Å². The molecule has 0 saturated carbocycles. The molecule has 0 fully saturated rings. The molecule has 140 valence electrons. The lowest BCUT2D eigenvalue weighted by Crippen LogP contribution is -2.34. The summed E-state index contributed by atoms with van der Waals surface area (Å²) in [6, 6.07) is 8.84. The molecule has 0 aliphatic carbocycles. The number of ether oxygens (including phenoxy) is 1. The van der Waals surface area contributed by atoms with Crippen molar-refractivity contribution in [1.29, 1.82) is 0 Å². The maximum absolute atomic E-state index is 13.8. The van der Waals surface area contributed by atoms with Gasteiger partial charge in [0.1, 0.15) is 29.3 Å². The zero-order valence-corrected chi connectivity index (χ0v) is 14.7. The second kappa shape index (κ2) is 7.86. The largest absolute Gasteiger partial charge is 0.497 e. The van der Waals surface area contributed by atoms with Crippen LogP contribution in [-0.4, -0.2) is 22.7 Å². The molecule has 0 saturated heterocycles. The molecule has 1 atom stereocenters. The van der Waals surface area contributed by atoms with E-state index in [1.54, 1.807) is 49.3 Å². The SMILES string of the molecule is COc1cccc([C@H](NC(=O)Nc2ccc(F)cc2F)c2nccn2C)c1. The minimum atomic E-state index is -0.861. The Labute approximate surface area is 154 Å². The fourth-order valence-corrected chi connectivity index (χ4v) is 2.65. The molecule has 0 radical (unpaired) electrons. The highest BCUT2D eigenvalue weighted by molar-refractivity contribution is 5.89. The van der Waals surface area contributed by atoms with E-state index in [4.69, 9.17) is 4.74 Å². The first-order chi connectivity index (χ1) is 13.0. The Bertz CT molecular complexity index is 958. The van der Waals surface area contributed by atoms with Crippen LogP contribution in [-0.2, 0) is 7.05 Å². The average Bonchev–Trinajstić information content (AvgIpc) is 3.08. The molecule has 3 aromatic rings. The molecule has 2 N–H and O–H groups in total. The number of nitrogens with zero attached hydrogens (tertiary/aromatic N) is 2. The maximum atomic E-state index is 13.8. The number of imidazole rings is 1. The molecule has 0 bridgehead atoms. The lowest BCUT2D eigenvalue weighted by atomic mass is 10.1. The molecule has 27 heavy (non-hydrogen) atoms. The molecule has 1 heterocycles. The first kappa shape index (κ1) is 18.4. The monoisotopic (exact) mass is 372 g/mol. The normalized spacial score (nSPS) is 11.7. The first-order valence-electron chi connectivity index (χ1n) is 8.11. The zero-order valence-electron chi connectivity index (χ0n) is 14.7. The molecule has 3 rings (SSSR count). The predicted molar refractivity (Wildman–Crippen MR) is 96.6 cm³/mol. The van der Waals surface area contributed by atoms with Crippen molar-refractivity contribution in [3.05, 3.63) is 77.9 Å². The van der Waals surface area contributed by atoms with Crippen LogP contribution < -0.4 is 15.4 Å². The lowest BCUT2D eigenvalue weighted by molar-refractivity contribution is 0.249. The van der Waals surface area contributed by atoms with E-state index in [0.717, 1.165) is 17.7 Å². The van der Waals surface area contributed by atoms with E-state index >= 15 is 0 Å². The van der Waals surface area contributed by atoms with Crippen LogP contribution in [0.4, 0.5) is 19.3 Å². The first-order valence-corrected chi connectivity index (χ1v) is 8.11. The Morgan fingerprint density at radius 3 is 2.70 bits per heavy atom. The number of carbonyl (C=O) groups excluding carboxylic acids is 1. The molecule has 8 heteroatoms. The minimum absolute atomic E-state index is 0.127. The summed E-state index contributed by atoms with van der Waals surface area (Å²) in [5.74, 6) is -0.378. The quantitative estimate of drug-likeness (QED) is 0.719. The number of anilines is 1. The van der Waals surface area contributed by atoms with Gasteiger partial charge in [0.2, 0.25) is 0 Å². The second-order valence-electron chi connectivity index (χ2n) is 5.83. The van der Waals surface area contributed by atoms with Gasteiger partial charge < -0.3 is 19.9 Å². The molecular formula is C19H18F2N4O2. The minimum Gasteiger partial charge on any atom is -0.497 e. The van der Waals surface area contributed by atoms with Gasteiger partial charge in [-0.15, -0.1) is 0 Å². The number of aryl methyl sites for hydroxylation is 1. The number of benzene rings is 2. The lowest BCUT2D eigenvalue weighted by Gasteiger charge is -2.20. The highest BCUT2D eigenvalue weighted by Crippen LogP contribution is 2.24. The third-order valence-corrected chi connectivity index (χ3v) is 4.00. The number of halogens is 2. The number of nitrogens with one attached hydrogen (secondary N) is 2. The molecule has 2 aromatic carbocycles. The second-order valence-corrected chi connectivity index (χ2v) is 5.83. The van der Waals surface area contributed by atoms with Crippen LogP contribution in [0.25, 0.3) is 0 Å². The highest BCUT2D eigenvalue weighted by Gasteiger charge is 2.22. The summed E-state index contributed by atoms with van der Waals surface area (Å²) in [5, 5.41) is 5.16. The van der Waals surface area contributed by atoms with Gasteiger partial charge in [-0.3, -0.25) is 0 Å². The van der Waals surface area contributed by atoms with Crippen LogP contribution in [0.15, 0.2) is 54.9 Å². The van der Waals surface area contributed by atoms with E-state index < -0.39 is 23.7 Å². The van der Waals surface area contributed by atoms with Gasteiger partial charge >= 0.3 is 6.03 Å². The van der Waals surface area contributed by atoms with Crippen molar-refractivity contribution in [2.24, 2.45) is 7.05 Å². The summed E-state index contributed by atoms with van der Waals surface area (Å²) < 4.78 is 33.8. The van der Waals surface area contributed by atoms with Crippen molar-refractivity contribution >= 4 is 11.7 Å². The number of aromatic nitrogens is 2. The number of amides is 2. The van der Waals surface area contributed by atoms with Crippen molar-refractivity contribution in [2.75, 3.05) is 12.4 Å². The molecule has 0 aliphatic rings. The van der Waals surface area contributed by atoms with Crippen molar-refractivity contribution < 1.29 is 18.3 Å². The van der Waals surface area contributed by atoms with Gasteiger partial charge in [0.25, 0.3) is 0 Å². The molecule has 0 aliphatic heterocycles. The Hall–Kier alpha value is -3.42. The van der Waals surface area contributed by atoms with E-state index in [-0.39, 0.29) is 5.69 Å². The van der Waals surface area contributed by atoms with E-state index in [1.807, 2.05) is 6.07 Å². The average molecular weight is 372 g/mol. The Balaban J connectivity index is 1.87. The Kier molecular flexibility index (Phi) is 5.35. The highest BCUT2D eigenvalue weighted by atomic mass is 19.1. The fourth-order valence-electron chi connectivity index (χ4n) is 2.65. The van der Waals surface area contributed by atoms with Crippen molar-refractivity contribution in [3.8, 4) is 5.75 Å². The summed E-state index contributed by atoms with van der Waals surface area (Å²) in [4.78, 5) is 16.7. The number of carbonyl (C=O) groups is 1. The van der Waals surface area contributed by atoms with Crippen LogP contribution in [0, 0.1) is 11.6 Å². The van der Waals surface area contributed by atoms with Gasteiger partial charge in [-0.2, -0.15) is 0 Å². The predicted octanol–water partition coefficient (Wildman–Crippen LogP) is 3.62. The van der Waals surface area contributed by atoms with E-state index in [9.17, 15) is 13.6 Å². The Morgan fingerprint density at radius 1 is 1.22 bits per heavy atom. The van der Waals surface area contributed by atoms with Crippen molar-refractivity contribution in [3.63, 3.8) is 0 Å². The summed E-state index contributed by atoms with van der Waals surface area (Å²) in [6.07, 6.45) is 3.36. The molecule has 2 amide bonds. The van der Waals surface area contributed by atoms with Gasteiger partial charge in [-0.1, -0.05) is 12.1 Å². The molecule has 0 spiro atoms. The van der Waals surface area contributed by atoms with Gasteiger partial charge in [0.15, 0.2) is 0 Å². The van der Waals surface area contributed by atoms with E-state index in [1.165, 1.54) is 0 Å². The summed E-state index contributed by atoms with van der Waals surface area (Å²) in [6.45, 7) is 0. The summed E-state index contributed by atoms with van der Waals surface area (Å²) >= 11 is 0. The zero-order chi connectivity index (χ0) is 19.4.